The van der Waals surface area contributed by atoms with Crippen LogP contribution in [0, 0.1) is 11.3 Å². The third kappa shape index (κ3) is 2.85. The minimum Gasteiger partial charge on any atom is -0.368 e. The standard InChI is InChI=1S/C8H11N5S/c1-3-6-11-7(10)13-8(12-6)14-5(2)4-9/h5H,3H2,1-2H3,(H2,10,11,12,13). The van der Waals surface area contributed by atoms with Crippen LogP contribution in [0.2, 0.25) is 0 Å². The number of thioether (sulfide) groups is 1. The molecule has 1 unspecified atom stereocenters. The van der Waals surface area contributed by atoms with Crippen molar-refractivity contribution >= 4 is 17.7 Å². The molecule has 1 aromatic rings. The van der Waals surface area contributed by atoms with Gasteiger partial charge in [-0.25, -0.2) is 4.98 Å². The van der Waals surface area contributed by atoms with E-state index in [1.165, 1.54) is 11.8 Å². The Morgan fingerprint density at radius 3 is 2.79 bits per heavy atom. The van der Waals surface area contributed by atoms with Gasteiger partial charge < -0.3 is 5.73 Å². The zero-order chi connectivity index (χ0) is 10.6. The maximum absolute atomic E-state index is 8.62. The zero-order valence-corrected chi connectivity index (χ0v) is 8.88. The highest BCUT2D eigenvalue weighted by atomic mass is 32.2. The first kappa shape index (κ1) is 10.7. The fraction of sp³-hybridized carbons (Fsp3) is 0.500. The van der Waals surface area contributed by atoms with Gasteiger partial charge in [0.25, 0.3) is 0 Å². The molecule has 0 amide bonds. The second-order valence-corrected chi connectivity index (χ2v) is 3.94. The smallest absolute Gasteiger partial charge is 0.224 e. The minimum absolute atomic E-state index is 0.179. The van der Waals surface area contributed by atoms with Gasteiger partial charge in [0.15, 0.2) is 5.16 Å². The predicted molar refractivity (Wildman–Crippen MR) is 54.5 cm³/mol. The van der Waals surface area contributed by atoms with Crippen molar-refractivity contribution in [1.82, 2.24) is 15.0 Å². The van der Waals surface area contributed by atoms with Gasteiger partial charge in [-0.2, -0.15) is 15.2 Å². The predicted octanol–water partition coefficient (Wildman–Crippen LogP) is 1.02. The van der Waals surface area contributed by atoms with Gasteiger partial charge in [0, 0.05) is 6.42 Å². The number of nitrogens with zero attached hydrogens (tertiary/aromatic N) is 4. The Labute approximate surface area is 86.8 Å². The molecule has 5 nitrogen and oxygen atoms in total. The monoisotopic (exact) mass is 209 g/mol. The van der Waals surface area contributed by atoms with Crippen molar-refractivity contribution in [2.45, 2.75) is 30.7 Å². The molecule has 1 rings (SSSR count). The van der Waals surface area contributed by atoms with Crippen molar-refractivity contribution < 1.29 is 0 Å². The van der Waals surface area contributed by atoms with E-state index < -0.39 is 0 Å². The molecule has 6 heteroatoms. The van der Waals surface area contributed by atoms with Gasteiger partial charge in [-0.1, -0.05) is 18.7 Å². The lowest BCUT2D eigenvalue weighted by Crippen LogP contribution is -2.05. The molecule has 0 spiro atoms. The normalized spacial score (nSPS) is 12.1. The van der Waals surface area contributed by atoms with Gasteiger partial charge in [0.05, 0.1) is 11.3 Å². The zero-order valence-electron chi connectivity index (χ0n) is 8.06. The molecule has 0 bridgehead atoms. The van der Waals surface area contributed by atoms with Crippen molar-refractivity contribution in [2.75, 3.05) is 5.73 Å². The molecule has 0 radical (unpaired) electrons. The molecule has 0 fully saturated rings. The Morgan fingerprint density at radius 2 is 2.21 bits per heavy atom. The van der Waals surface area contributed by atoms with Crippen LogP contribution in [0.3, 0.4) is 0 Å². The van der Waals surface area contributed by atoms with Gasteiger partial charge >= 0.3 is 0 Å². The molecule has 2 N–H and O–H groups in total. The fourth-order valence-electron chi connectivity index (χ4n) is 0.811. The van der Waals surface area contributed by atoms with Crippen LogP contribution in [0.15, 0.2) is 5.16 Å². The summed E-state index contributed by atoms with van der Waals surface area (Å²) in [6.45, 7) is 3.73. The Bertz CT molecular complexity index is 359. The number of aryl methyl sites for hydroxylation is 1. The lowest BCUT2D eigenvalue weighted by Gasteiger charge is -2.03. The van der Waals surface area contributed by atoms with Crippen molar-refractivity contribution in [1.29, 1.82) is 5.26 Å². The first-order valence-corrected chi connectivity index (χ1v) is 5.10. The highest BCUT2D eigenvalue weighted by Crippen LogP contribution is 2.18. The van der Waals surface area contributed by atoms with Crippen molar-refractivity contribution in [3.8, 4) is 6.07 Å². The van der Waals surface area contributed by atoms with Crippen molar-refractivity contribution in [3.63, 3.8) is 0 Å². The third-order valence-electron chi connectivity index (χ3n) is 1.46. The van der Waals surface area contributed by atoms with Gasteiger partial charge in [-0.3, -0.25) is 0 Å². The summed E-state index contributed by atoms with van der Waals surface area (Å²) in [5.41, 5.74) is 5.49. The molecule has 0 saturated heterocycles. The van der Waals surface area contributed by atoms with Gasteiger partial charge in [0.1, 0.15) is 5.82 Å². The maximum Gasteiger partial charge on any atom is 0.224 e. The second kappa shape index (κ2) is 4.77. The number of hydrogen-bond acceptors (Lipinski definition) is 6. The first-order valence-electron chi connectivity index (χ1n) is 4.22. The van der Waals surface area contributed by atoms with E-state index in [2.05, 4.69) is 21.0 Å². The summed E-state index contributed by atoms with van der Waals surface area (Å²) in [4.78, 5) is 12.0. The highest BCUT2D eigenvalue weighted by molar-refractivity contribution is 8.00. The van der Waals surface area contributed by atoms with E-state index in [4.69, 9.17) is 11.0 Å². The summed E-state index contributed by atoms with van der Waals surface area (Å²) >= 11 is 1.28. The molecule has 0 saturated carbocycles. The average molecular weight is 209 g/mol. The van der Waals surface area contributed by atoms with E-state index in [0.29, 0.717) is 17.4 Å². The lowest BCUT2D eigenvalue weighted by molar-refractivity contribution is 0.824. The van der Waals surface area contributed by atoms with Crippen LogP contribution >= 0.6 is 11.8 Å². The van der Waals surface area contributed by atoms with Crippen LogP contribution in [0.5, 0.6) is 0 Å². The topological polar surface area (TPSA) is 88.5 Å². The summed E-state index contributed by atoms with van der Waals surface area (Å²) in [5.74, 6) is 0.870. The molecule has 1 atom stereocenters. The van der Waals surface area contributed by atoms with Crippen LogP contribution in [-0.4, -0.2) is 20.2 Å². The summed E-state index contributed by atoms with van der Waals surface area (Å²) in [5, 5.41) is 8.96. The summed E-state index contributed by atoms with van der Waals surface area (Å²) in [6, 6.07) is 2.09. The number of rotatable bonds is 3. The number of nitrogens with two attached hydrogens (primary N) is 1. The average Bonchev–Trinajstić information content (AvgIpc) is 2.16. The molecule has 0 aliphatic rings. The molecule has 0 aromatic carbocycles. The van der Waals surface area contributed by atoms with Crippen molar-refractivity contribution in [2.24, 2.45) is 0 Å². The molecule has 1 heterocycles. The summed E-state index contributed by atoms with van der Waals surface area (Å²) in [7, 11) is 0. The Hall–Kier alpha value is -1.35. The first-order chi connectivity index (χ1) is 6.65. The van der Waals surface area contributed by atoms with Crippen molar-refractivity contribution in [3.05, 3.63) is 5.82 Å². The van der Waals surface area contributed by atoms with Crippen LogP contribution in [-0.2, 0) is 6.42 Å². The number of anilines is 1. The molecule has 1 aromatic heterocycles. The Balaban J connectivity index is 2.87. The molecule has 0 aliphatic carbocycles. The Kier molecular flexibility index (Phi) is 3.65. The van der Waals surface area contributed by atoms with E-state index in [0.717, 1.165) is 0 Å². The summed E-state index contributed by atoms with van der Waals surface area (Å²) in [6.07, 6.45) is 0.710. The number of hydrogen-bond donors (Lipinski definition) is 1. The van der Waals surface area contributed by atoms with Gasteiger partial charge in [0.2, 0.25) is 5.95 Å². The molecule has 14 heavy (non-hydrogen) atoms. The van der Waals surface area contributed by atoms with Gasteiger partial charge in [-0.05, 0) is 6.92 Å². The van der Waals surface area contributed by atoms with Gasteiger partial charge in [-0.15, -0.1) is 0 Å². The van der Waals surface area contributed by atoms with E-state index in [1.807, 2.05) is 6.92 Å². The minimum atomic E-state index is -0.179. The largest absolute Gasteiger partial charge is 0.368 e. The molecular weight excluding hydrogens is 198 g/mol. The third-order valence-corrected chi connectivity index (χ3v) is 2.31. The van der Waals surface area contributed by atoms with E-state index in [-0.39, 0.29) is 11.2 Å². The number of nitrogen functional groups attached to an aromatic ring is 1. The second-order valence-electron chi connectivity index (χ2n) is 2.64. The van der Waals surface area contributed by atoms with Crippen LogP contribution in [0.1, 0.15) is 19.7 Å². The van der Waals surface area contributed by atoms with Crippen LogP contribution in [0.25, 0.3) is 0 Å². The van der Waals surface area contributed by atoms with E-state index in [9.17, 15) is 0 Å². The van der Waals surface area contributed by atoms with E-state index >= 15 is 0 Å². The SMILES string of the molecule is CCc1nc(N)nc(SC(C)C#N)n1. The lowest BCUT2D eigenvalue weighted by atomic mass is 10.5. The van der Waals surface area contributed by atoms with Crippen LogP contribution in [0.4, 0.5) is 5.95 Å². The Morgan fingerprint density at radius 1 is 1.50 bits per heavy atom. The fourth-order valence-corrected chi connectivity index (χ4v) is 1.48. The number of aromatic nitrogens is 3. The maximum atomic E-state index is 8.62. The summed E-state index contributed by atoms with van der Waals surface area (Å²) < 4.78 is 0. The van der Waals surface area contributed by atoms with E-state index in [1.54, 1.807) is 6.92 Å². The quantitative estimate of drug-likeness (QED) is 0.748. The number of nitriles is 1. The van der Waals surface area contributed by atoms with Crippen LogP contribution < -0.4 is 5.73 Å². The molecule has 74 valence electrons. The molecular formula is C8H11N5S. The highest BCUT2D eigenvalue weighted by Gasteiger charge is 2.07. The molecule has 0 aliphatic heterocycles.